The summed E-state index contributed by atoms with van der Waals surface area (Å²) in [4.78, 5) is 33.8. The maximum atomic E-state index is 13.7. The van der Waals surface area contributed by atoms with E-state index in [2.05, 4.69) is 15.4 Å². The summed E-state index contributed by atoms with van der Waals surface area (Å²) < 4.78 is 1.74. The Hall–Kier alpha value is -3.04. The van der Waals surface area contributed by atoms with Crippen molar-refractivity contribution in [1.29, 1.82) is 0 Å². The fraction of sp³-hybridized carbons (Fsp3) is 0.462. The number of aliphatic hydroxyl groups is 1. The van der Waals surface area contributed by atoms with Gasteiger partial charge >= 0.3 is 0 Å². The smallest absolute Gasteiger partial charge is 0.248 e. The van der Waals surface area contributed by atoms with Gasteiger partial charge in [0.2, 0.25) is 11.8 Å². The first-order chi connectivity index (χ1) is 16.9. The molecule has 1 aliphatic carbocycles. The van der Waals surface area contributed by atoms with Crippen molar-refractivity contribution in [2.45, 2.75) is 64.3 Å². The van der Waals surface area contributed by atoms with Crippen LogP contribution in [-0.4, -0.2) is 55.3 Å². The first-order valence-corrected chi connectivity index (χ1v) is 13.0. The van der Waals surface area contributed by atoms with E-state index in [4.69, 9.17) is 0 Å². The summed E-state index contributed by atoms with van der Waals surface area (Å²) in [6.07, 6.45) is 6.22. The van der Waals surface area contributed by atoms with Gasteiger partial charge in [-0.05, 0) is 49.3 Å². The Bertz CT molecular complexity index is 1200. The Labute approximate surface area is 209 Å². The van der Waals surface area contributed by atoms with Gasteiger partial charge in [0.25, 0.3) is 0 Å². The highest BCUT2D eigenvalue weighted by molar-refractivity contribution is 7.13. The molecule has 1 unspecified atom stereocenters. The lowest BCUT2D eigenvalue weighted by molar-refractivity contribution is -0.143. The maximum Gasteiger partial charge on any atom is 0.248 e. The van der Waals surface area contributed by atoms with E-state index in [-0.39, 0.29) is 30.7 Å². The Morgan fingerprint density at radius 2 is 2.00 bits per heavy atom. The van der Waals surface area contributed by atoms with Crippen LogP contribution in [0.2, 0.25) is 0 Å². The largest absolute Gasteiger partial charge is 0.391 e. The molecular weight excluding hydrogens is 462 g/mol. The molecule has 3 heterocycles. The molecule has 2 aliphatic rings. The normalized spacial score (nSPS) is 21.1. The quantitative estimate of drug-likeness (QED) is 0.526. The Kier molecular flexibility index (Phi) is 6.71. The van der Waals surface area contributed by atoms with E-state index in [0.29, 0.717) is 6.54 Å². The zero-order chi connectivity index (χ0) is 24.5. The topological polar surface area (TPSA) is 100 Å². The second-order valence-corrected chi connectivity index (χ2v) is 10.6. The second kappa shape index (κ2) is 9.91. The minimum Gasteiger partial charge on any atom is -0.391 e. The molecule has 2 amide bonds. The van der Waals surface area contributed by atoms with Crippen molar-refractivity contribution < 1.29 is 14.7 Å². The summed E-state index contributed by atoms with van der Waals surface area (Å²) in [5, 5.41) is 17.7. The van der Waals surface area contributed by atoms with Gasteiger partial charge < -0.3 is 15.3 Å². The molecule has 35 heavy (non-hydrogen) atoms. The van der Waals surface area contributed by atoms with Crippen molar-refractivity contribution in [3.8, 4) is 10.4 Å². The van der Waals surface area contributed by atoms with Crippen molar-refractivity contribution in [3.63, 3.8) is 0 Å². The van der Waals surface area contributed by atoms with Crippen LogP contribution in [0.3, 0.4) is 0 Å². The lowest BCUT2D eigenvalue weighted by Crippen LogP contribution is -2.50. The molecule has 1 saturated heterocycles. The minimum absolute atomic E-state index is 0.126. The molecule has 8 nitrogen and oxygen atoms in total. The third kappa shape index (κ3) is 4.88. The zero-order valence-corrected chi connectivity index (χ0v) is 20.9. The summed E-state index contributed by atoms with van der Waals surface area (Å²) in [6.45, 7) is 4.47. The average Bonchev–Trinajstić information content (AvgIpc) is 3.54. The van der Waals surface area contributed by atoms with Crippen LogP contribution >= 0.6 is 11.3 Å². The molecule has 5 rings (SSSR count). The van der Waals surface area contributed by atoms with Gasteiger partial charge in [0.15, 0.2) is 0 Å². The van der Waals surface area contributed by atoms with E-state index in [0.717, 1.165) is 46.5 Å². The molecule has 9 heteroatoms. The molecule has 3 atom stereocenters. The monoisotopic (exact) mass is 493 g/mol. The number of thiazole rings is 1. The summed E-state index contributed by atoms with van der Waals surface area (Å²) in [5.41, 5.74) is 5.91. The number of rotatable bonds is 7. The lowest BCUT2D eigenvalue weighted by atomic mass is 9.79. The minimum atomic E-state index is -0.710. The predicted octanol–water partition coefficient (Wildman–Crippen LogP) is 3.24. The summed E-state index contributed by atoms with van der Waals surface area (Å²) in [6, 6.07) is 6.94. The molecule has 2 aromatic heterocycles. The fourth-order valence-electron chi connectivity index (χ4n) is 5.01. The Balaban J connectivity index is 1.26. The number of aromatic nitrogens is 3. The first kappa shape index (κ1) is 23.7. The summed E-state index contributed by atoms with van der Waals surface area (Å²) in [5.74, 6) is -0.149. The number of nitrogens with zero attached hydrogens (tertiary/aromatic N) is 4. The van der Waals surface area contributed by atoms with Crippen LogP contribution < -0.4 is 5.32 Å². The van der Waals surface area contributed by atoms with E-state index in [1.165, 1.54) is 0 Å². The van der Waals surface area contributed by atoms with E-state index >= 15 is 0 Å². The number of likely N-dealkylation sites (tertiary alicyclic amines) is 1. The third-order valence-corrected chi connectivity index (χ3v) is 8.14. The van der Waals surface area contributed by atoms with Gasteiger partial charge in [-0.1, -0.05) is 30.7 Å². The van der Waals surface area contributed by atoms with Crippen molar-refractivity contribution in [1.82, 2.24) is 25.0 Å². The van der Waals surface area contributed by atoms with Crippen molar-refractivity contribution in [3.05, 3.63) is 59.0 Å². The van der Waals surface area contributed by atoms with Gasteiger partial charge in [0.05, 0.1) is 28.4 Å². The number of carbonyl (C=O) groups is 2. The molecule has 0 spiro atoms. The maximum absolute atomic E-state index is 13.7. The highest BCUT2D eigenvalue weighted by atomic mass is 32.1. The van der Waals surface area contributed by atoms with Gasteiger partial charge in [-0.15, -0.1) is 11.3 Å². The zero-order valence-electron chi connectivity index (χ0n) is 20.1. The van der Waals surface area contributed by atoms with E-state index < -0.39 is 18.2 Å². The molecule has 1 aliphatic heterocycles. The molecular formula is C26H31N5O3S. The van der Waals surface area contributed by atoms with Crippen molar-refractivity contribution in [2.24, 2.45) is 5.92 Å². The number of amides is 2. The van der Waals surface area contributed by atoms with Crippen LogP contribution in [0.15, 0.2) is 42.2 Å². The number of carbonyl (C=O) groups excluding carboxylic acids is 2. The van der Waals surface area contributed by atoms with Crippen LogP contribution in [-0.2, 0) is 16.1 Å². The van der Waals surface area contributed by atoms with Crippen LogP contribution in [0.25, 0.3) is 10.4 Å². The Morgan fingerprint density at radius 1 is 1.23 bits per heavy atom. The predicted molar refractivity (Wildman–Crippen MR) is 134 cm³/mol. The van der Waals surface area contributed by atoms with Crippen molar-refractivity contribution in [2.75, 3.05) is 6.54 Å². The van der Waals surface area contributed by atoms with E-state index in [1.54, 1.807) is 27.1 Å². The van der Waals surface area contributed by atoms with Gasteiger partial charge in [-0.3, -0.25) is 14.3 Å². The second-order valence-electron chi connectivity index (χ2n) is 9.71. The Morgan fingerprint density at radius 3 is 2.60 bits per heavy atom. The standard InChI is InChI=1S/C26H31N5O3S/c1-16-11-29-31(13-16)23(19-4-3-5-19)26(34)30-14-21(32)10-22(30)25(33)27-12-18-6-8-20(9-7-18)24-17(2)28-15-35-24/h6-9,11,13,15,19,21-23,32H,3-5,10,12,14H2,1-2H3,(H,27,33)/t21-,22?,23+/m1/s1. The number of benzene rings is 1. The van der Waals surface area contributed by atoms with E-state index in [9.17, 15) is 14.7 Å². The average molecular weight is 494 g/mol. The number of aryl methyl sites for hydroxylation is 2. The van der Waals surface area contributed by atoms with Gasteiger partial charge in [0, 0.05) is 25.7 Å². The molecule has 2 N–H and O–H groups in total. The highest BCUT2D eigenvalue weighted by Gasteiger charge is 2.44. The van der Waals surface area contributed by atoms with Crippen molar-refractivity contribution >= 4 is 23.2 Å². The van der Waals surface area contributed by atoms with Gasteiger partial charge in [-0.2, -0.15) is 5.10 Å². The van der Waals surface area contributed by atoms with Gasteiger partial charge in [-0.25, -0.2) is 4.98 Å². The lowest BCUT2D eigenvalue weighted by Gasteiger charge is -2.36. The third-order valence-electron chi connectivity index (χ3n) is 7.16. The van der Waals surface area contributed by atoms with E-state index in [1.807, 2.05) is 49.8 Å². The van der Waals surface area contributed by atoms with Gasteiger partial charge in [0.1, 0.15) is 12.1 Å². The summed E-state index contributed by atoms with van der Waals surface area (Å²) in [7, 11) is 0. The number of β-amino-alcohol motifs (C(OH)–C–C–N with tert-alkyl or cyclic N) is 1. The molecule has 0 bridgehead atoms. The van der Waals surface area contributed by atoms with Crippen LogP contribution in [0, 0.1) is 19.8 Å². The molecule has 1 aromatic carbocycles. The molecule has 1 saturated carbocycles. The number of aliphatic hydroxyl groups excluding tert-OH is 1. The SMILES string of the molecule is Cc1cnn([C@H](C(=O)N2C[C@H](O)CC2C(=O)NCc2ccc(-c3scnc3C)cc2)C2CCC2)c1. The number of nitrogens with one attached hydrogen (secondary N) is 1. The highest BCUT2D eigenvalue weighted by Crippen LogP contribution is 2.38. The molecule has 3 aromatic rings. The summed E-state index contributed by atoms with van der Waals surface area (Å²) >= 11 is 1.61. The fourth-order valence-corrected chi connectivity index (χ4v) is 5.82. The molecule has 2 fully saturated rings. The first-order valence-electron chi connectivity index (χ1n) is 12.2. The van der Waals surface area contributed by atoms with Crippen LogP contribution in [0.5, 0.6) is 0 Å². The molecule has 184 valence electrons. The number of hydrogen-bond acceptors (Lipinski definition) is 6. The van der Waals surface area contributed by atoms with Crippen LogP contribution in [0.1, 0.15) is 48.5 Å². The molecule has 0 radical (unpaired) electrons. The number of hydrogen-bond donors (Lipinski definition) is 2. The van der Waals surface area contributed by atoms with Crippen LogP contribution in [0.4, 0.5) is 0 Å².